The first-order valence-corrected chi connectivity index (χ1v) is 8.02. The number of esters is 1. The van der Waals surface area contributed by atoms with Crippen molar-refractivity contribution in [2.24, 2.45) is 0 Å². The third kappa shape index (κ3) is 2.59. The van der Waals surface area contributed by atoms with E-state index in [2.05, 4.69) is 9.97 Å². The zero-order valence-corrected chi connectivity index (χ0v) is 13.6. The van der Waals surface area contributed by atoms with Crippen molar-refractivity contribution in [2.45, 2.75) is 13.0 Å². The van der Waals surface area contributed by atoms with Crippen molar-refractivity contribution < 1.29 is 14.3 Å². The summed E-state index contributed by atoms with van der Waals surface area (Å²) in [5.74, 6) is -0.746. The fourth-order valence-electron chi connectivity index (χ4n) is 3.01. The molecule has 0 aliphatic rings. The van der Waals surface area contributed by atoms with E-state index in [1.54, 1.807) is 19.3 Å². The molecule has 0 radical (unpaired) electrons. The molecular formula is C20H16N2O3. The molecule has 2 aromatic heterocycles. The van der Waals surface area contributed by atoms with Gasteiger partial charge < -0.3 is 14.7 Å². The second-order valence-corrected chi connectivity index (χ2v) is 5.91. The van der Waals surface area contributed by atoms with Gasteiger partial charge in [-0.2, -0.15) is 0 Å². The van der Waals surface area contributed by atoms with Gasteiger partial charge in [-0.3, -0.25) is 4.79 Å². The summed E-state index contributed by atoms with van der Waals surface area (Å²) >= 11 is 0. The van der Waals surface area contributed by atoms with Crippen LogP contribution in [0.2, 0.25) is 0 Å². The number of aromatic amines is 2. The number of para-hydroxylation sites is 2. The summed E-state index contributed by atoms with van der Waals surface area (Å²) in [5, 5.41) is 1.60. The van der Waals surface area contributed by atoms with Crippen molar-refractivity contribution >= 4 is 33.6 Å². The van der Waals surface area contributed by atoms with E-state index in [1.807, 2.05) is 48.5 Å². The van der Waals surface area contributed by atoms with Crippen LogP contribution in [0.15, 0.2) is 60.9 Å². The van der Waals surface area contributed by atoms with Crippen LogP contribution in [0.1, 0.15) is 27.6 Å². The fraction of sp³-hybridized carbons (Fsp3) is 0.100. The number of benzene rings is 2. The maximum absolute atomic E-state index is 12.7. The Morgan fingerprint density at radius 2 is 1.36 bits per heavy atom. The Hall–Kier alpha value is -3.34. The standard InChI is InChI=1S/C20H16N2O3/c1-12(19(23)15-10-21-17-8-4-2-6-13(15)17)25-20(24)16-11-22-18-9-5-3-7-14(16)18/h2-12,21-22H,1H3/t12-/m1/s1. The van der Waals surface area contributed by atoms with Crippen molar-refractivity contribution in [1.29, 1.82) is 0 Å². The van der Waals surface area contributed by atoms with E-state index < -0.39 is 12.1 Å². The molecule has 2 aromatic carbocycles. The molecule has 0 fully saturated rings. The predicted molar refractivity (Wildman–Crippen MR) is 95.8 cm³/mol. The third-order valence-corrected chi connectivity index (χ3v) is 4.32. The highest BCUT2D eigenvalue weighted by atomic mass is 16.5. The summed E-state index contributed by atoms with van der Waals surface area (Å²) in [6.45, 7) is 1.59. The molecule has 124 valence electrons. The predicted octanol–water partition coefficient (Wildman–Crippen LogP) is 4.08. The zero-order valence-electron chi connectivity index (χ0n) is 13.6. The van der Waals surface area contributed by atoms with E-state index in [0.29, 0.717) is 11.1 Å². The van der Waals surface area contributed by atoms with Gasteiger partial charge in [0.05, 0.1) is 5.56 Å². The summed E-state index contributed by atoms with van der Waals surface area (Å²) in [4.78, 5) is 31.2. The Morgan fingerprint density at radius 1 is 0.840 bits per heavy atom. The topological polar surface area (TPSA) is 75.0 Å². The highest BCUT2D eigenvalue weighted by Crippen LogP contribution is 2.22. The number of aromatic nitrogens is 2. The number of Topliss-reactive ketones (excluding diaryl/α,β-unsaturated/α-hetero) is 1. The van der Waals surface area contributed by atoms with Crippen LogP contribution in [0.4, 0.5) is 0 Å². The quantitative estimate of drug-likeness (QED) is 0.437. The molecule has 5 heteroatoms. The molecule has 0 saturated heterocycles. The van der Waals surface area contributed by atoms with E-state index in [9.17, 15) is 9.59 Å². The zero-order chi connectivity index (χ0) is 17.4. The lowest BCUT2D eigenvalue weighted by Gasteiger charge is -2.11. The molecule has 0 bridgehead atoms. The minimum atomic E-state index is -0.875. The van der Waals surface area contributed by atoms with Crippen LogP contribution >= 0.6 is 0 Å². The molecule has 0 aliphatic carbocycles. The normalized spacial score (nSPS) is 12.4. The smallest absolute Gasteiger partial charge is 0.341 e. The van der Waals surface area contributed by atoms with Crippen LogP contribution in [-0.2, 0) is 4.74 Å². The van der Waals surface area contributed by atoms with Crippen LogP contribution in [0.5, 0.6) is 0 Å². The van der Waals surface area contributed by atoms with Gasteiger partial charge in [-0.25, -0.2) is 4.79 Å². The van der Waals surface area contributed by atoms with Gasteiger partial charge in [0, 0.05) is 39.8 Å². The first-order valence-electron chi connectivity index (χ1n) is 8.02. The van der Waals surface area contributed by atoms with E-state index >= 15 is 0 Å². The molecule has 4 rings (SSSR count). The molecule has 4 aromatic rings. The molecule has 0 amide bonds. The Morgan fingerprint density at radius 3 is 2.00 bits per heavy atom. The molecule has 25 heavy (non-hydrogen) atoms. The average molecular weight is 332 g/mol. The van der Waals surface area contributed by atoms with E-state index in [-0.39, 0.29) is 5.78 Å². The fourth-order valence-corrected chi connectivity index (χ4v) is 3.01. The van der Waals surface area contributed by atoms with Crippen molar-refractivity contribution in [1.82, 2.24) is 9.97 Å². The molecule has 0 aliphatic heterocycles. The Bertz CT molecular complexity index is 1090. The number of ketones is 1. The lowest BCUT2D eigenvalue weighted by atomic mass is 10.1. The average Bonchev–Trinajstić information content (AvgIpc) is 3.25. The van der Waals surface area contributed by atoms with Crippen molar-refractivity contribution in [3.8, 4) is 0 Å². The number of fused-ring (bicyclic) bond motifs is 2. The highest BCUT2D eigenvalue weighted by Gasteiger charge is 2.24. The summed E-state index contributed by atoms with van der Waals surface area (Å²) in [6, 6.07) is 15.0. The Labute approximate surface area is 143 Å². The van der Waals surface area contributed by atoms with Crippen LogP contribution in [0, 0.1) is 0 Å². The van der Waals surface area contributed by atoms with Gasteiger partial charge in [0.15, 0.2) is 6.10 Å². The summed E-state index contributed by atoms with van der Waals surface area (Å²) in [5.41, 5.74) is 2.68. The SMILES string of the molecule is C[C@@H](OC(=O)c1c[nH]c2ccccc12)C(=O)c1c[nH]c2ccccc12. The Kier molecular flexibility index (Phi) is 3.61. The first kappa shape index (κ1) is 15.2. The second kappa shape index (κ2) is 5.94. The molecule has 2 heterocycles. The number of carbonyl (C=O) groups excluding carboxylic acids is 2. The maximum atomic E-state index is 12.7. The van der Waals surface area contributed by atoms with Gasteiger partial charge in [0.1, 0.15) is 0 Å². The van der Waals surface area contributed by atoms with Gasteiger partial charge in [0.2, 0.25) is 5.78 Å². The molecular weight excluding hydrogens is 316 g/mol. The van der Waals surface area contributed by atoms with Crippen molar-refractivity contribution in [3.63, 3.8) is 0 Å². The molecule has 0 saturated carbocycles. The molecule has 5 nitrogen and oxygen atoms in total. The summed E-state index contributed by atoms with van der Waals surface area (Å²) in [6.07, 6.45) is 2.39. The van der Waals surface area contributed by atoms with Crippen molar-refractivity contribution in [2.75, 3.05) is 0 Å². The van der Waals surface area contributed by atoms with Crippen LogP contribution in [-0.4, -0.2) is 27.8 Å². The summed E-state index contributed by atoms with van der Waals surface area (Å²) < 4.78 is 5.41. The lowest BCUT2D eigenvalue weighted by molar-refractivity contribution is 0.0321. The van der Waals surface area contributed by atoms with Gasteiger partial charge in [0.25, 0.3) is 0 Å². The highest BCUT2D eigenvalue weighted by molar-refractivity contribution is 6.11. The van der Waals surface area contributed by atoms with Gasteiger partial charge in [-0.15, -0.1) is 0 Å². The molecule has 0 unspecified atom stereocenters. The number of hydrogen-bond acceptors (Lipinski definition) is 3. The van der Waals surface area contributed by atoms with E-state index in [4.69, 9.17) is 4.74 Å². The maximum Gasteiger partial charge on any atom is 0.341 e. The number of carbonyl (C=O) groups is 2. The minimum absolute atomic E-state index is 0.231. The van der Waals surface area contributed by atoms with Crippen LogP contribution < -0.4 is 0 Å². The largest absolute Gasteiger partial charge is 0.451 e. The minimum Gasteiger partial charge on any atom is -0.451 e. The molecule has 1 atom stereocenters. The lowest BCUT2D eigenvalue weighted by Crippen LogP contribution is -2.24. The monoisotopic (exact) mass is 332 g/mol. The van der Waals surface area contributed by atoms with E-state index in [0.717, 1.165) is 21.8 Å². The number of rotatable bonds is 4. The second-order valence-electron chi connectivity index (χ2n) is 5.91. The molecule has 0 spiro atoms. The van der Waals surface area contributed by atoms with Crippen LogP contribution in [0.25, 0.3) is 21.8 Å². The van der Waals surface area contributed by atoms with Crippen molar-refractivity contribution in [3.05, 3.63) is 72.1 Å². The first-order chi connectivity index (χ1) is 12.1. The molecule has 2 N–H and O–H groups in total. The van der Waals surface area contributed by atoms with Gasteiger partial charge >= 0.3 is 5.97 Å². The number of nitrogens with one attached hydrogen (secondary N) is 2. The summed E-state index contributed by atoms with van der Waals surface area (Å²) in [7, 11) is 0. The number of hydrogen-bond donors (Lipinski definition) is 2. The third-order valence-electron chi connectivity index (χ3n) is 4.32. The van der Waals surface area contributed by atoms with Crippen LogP contribution in [0.3, 0.4) is 0 Å². The van der Waals surface area contributed by atoms with E-state index in [1.165, 1.54) is 0 Å². The Balaban J connectivity index is 1.58. The van der Waals surface area contributed by atoms with Gasteiger partial charge in [-0.1, -0.05) is 36.4 Å². The number of H-pyrrole nitrogens is 2. The number of ether oxygens (including phenoxy) is 1. The van der Waals surface area contributed by atoms with Gasteiger partial charge in [-0.05, 0) is 19.1 Å².